The number of ether oxygens (including phenoxy) is 1. The van der Waals surface area contributed by atoms with E-state index >= 15 is 0 Å². The topological polar surface area (TPSA) is 44.8 Å². The third-order valence-electron chi connectivity index (χ3n) is 4.10. The molecular formula is C18H37N3O2. The molecular weight excluding hydrogens is 290 g/mol. The molecule has 136 valence electrons. The molecule has 0 aromatic heterocycles. The van der Waals surface area contributed by atoms with Gasteiger partial charge in [0, 0.05) is 26.2 Å². The van der Waals surface area contributed by atoms with Crippen molar-refractivity contribution in [3.8, 4) is 0 Å². The largest absolute Gasteiger partial charge is 0.444 e. The van der Waals surface area contributed by atoms with Crippen molar-refractivity contribution in [2.45, 2.75) is 65.4 Å². The van der Waals surface area contributed by atoms with Crippen molar-refractivity contribution < 1.29 is 9.53 Å². The number of nitrogens with one attached hydrogen (secondary N) is 1. The molecule has 1 aliphatic heterocycles. The van der Waals surface area contributed by atoms with Crippen LogP contribution >= 0.6 is 0 Å². The fourth-order valence-electron chi connectivity index (χ4n) is 2.77. The number of piperazine rings is 1. The average molecular weight is 328 g/mol. The average Bonchev–Trinajstić information content (AvgIpc) is 2.49. The standard InChI is InChI=1S/C18H37N3O2/c1-5-19-11-9-7-6-8-10-12-20-13-15-21(16-14-20)17(22)23-18(2,3)4/h19H,5-16H2,1-4H3. The molecule has 5 nitrogen and oxygen atoms in total. The van der Waals surface area contributed by atoms with Crippen LogP contribution in [0, 0.1) is 0 Å². The van der Waals surface area contributed by atoms with Gasteiger partial charge in [0.1, 0.15) is 5.60 Å². The van der Waals surface area contributed by atoms with Crippen LogP contribution < -0.4 is 5.32 Å². The molecule has 0 aromatic carbocycles. The van der Waals surface area contributed by atoms with Crippen molar-refractivity contribution in [2.75, 3.05) is 45.8 Å². The zero-order valence-corrected chi connectivity index (χ0v) is 15.7. The van der Waals surface area contributed by atoms with Crippen LogP contribution in [0.2, 0.25) is 0 Å². The molecule has 1 saturated heterocycles. The first-order valence-corrected chi connectivity index (χ1v) is 9.33. The van der Waals surface area contributed by atoms with E-state index in [4.69, 9.17) is 4.74 Å². The van der Waals surface area contributed by atoms with Gasteiger partial charge in [-0.15, -0.1) is 0 Å². The Morgan fingerprint density at radius 2 is 1.61 bits per heavy atom. The number of carbonyl (C=O) groups excluding carboxylic acids is 1. The Morgan fingerprint density at radius 1 is 1.00 bits per heavy atom. The molecule has 23 heavy (non-hydrogen) atoms. The normalized spacial score (nSPS) is 16.6. The number of nitrogens with zero attached hydrogens (tertiary/aromatic N) is 2. The van der Waals surface area contributed by atoms with Gasteiger partial charge in [-0.25, -0.2) is 4.79 Å². The predicted octanol–water partition coefficient (Wildman–Crippen LogP) is 3.10. The molecule has 0 bridgehead atoms. The molecule has 0 spiro atoms. The molecule has 0 radical (unpaired) electrons. The Hall–Kier alpha value is -0.810. The Balaban J connectivity index is 2.03. The van der Waals surface area contributed by atoms with E-state index in [-0.39, 0.29) is 6.09 Å². The van der Waals surface area contributed by atoms with Crippen molar-refractivity contribution >= 4 is 6.09 Å². The van der Waals surface area contributed by atoms with Crippen LogP contribution in [0.25, 0.3) is 0 Å². The third-order valence-corrected chi connectivity index (χ3v) is 4.10. The van der Waals surface area contributed by atoms with Crippen LogP contribution in [0.4, 0.5) is 4.79 Å². The molecule has 1 aliphatic rings. The minimum atomic E-state index is -0.402. The first-order valence-electron chi connectivity index (χ1n) is 9.33. The molecule has 0 aliphatic carbocycles. The number of hydrogen-bond donors (Lipinski definition) is 1. The number of unbranched alkanes of at least 4 members (excludes halogenated alkanes) is 4. The first-order chi connectivity index (χ1) is 10.9. The van der Waals surface area contributed by atoms with E-state index in [1.54, 1.807) is 0 Å². The summed E-state index contributed by atoms with van der Waals surface area (Å²) < 4.78 is 5.43. The molecule has 1 fully saturated rings. The third kappa shape index (κ3) is 9.82. The molecule has 1 heterocycles. The van der Waals surface area contributed by atoms with E-state index in [1.165, 1.54) is 32.1 Å². The zero-order chi connectivity index (χ0) is 17.1. The van der Waals surface area contributed by atoms with Crippen LogP contribution in [0.5, 0.6) is 0 Å². The van der Waals surface area contributed by atoms with Crippen molar-refractivity contribution in [2.24, 2.45) is 0 Å². The highest BCUT2D eigenvalue weighted by Crippen LogP contribution is 2.12. The summed E-state index contributed by atoms with van der Waals surface area (Å²) in [6.45, 7) is 14.8. The maximum atomic E-state index is 12.0. The lowest BCUT2D eigenvalue weighted by molar-refractivity contribution is 0.0144. The summed E-state index contributed by atoms with van der Waals surface area (Å²) in [4.78, 5) is 16.3. The van der Waals surface area contributed by atoms with Gasteiger partial charge in [0.05, 0.1) is 0 Å². The van der Waals surface area contributed by atoms with Crippen LogP contribution in [0.1, 0.15) is 59.8 Å². The van der Waals surface area contributed by atoms with Gasteiger partial charge >= 0.3 is 6.09 Å². The van der Waals surface area contributed by atoms with Crippen LogP contribution in [0.3, 0.4) is 0 Å². The van der Waals surface area contributed by atoms with Gasteiger partial charge in [-0.3, -0.25) is 4.90 Å². The summed E-state index contributed by atoms with van der Waals surface area (Å²) >= 11 is 0. The number of amides is 1. The maximum Gasteiger partial charge on any atom is 0.410 e. The van der Waals surface area contributed by atoms with Gasteiger partial charge in [-0.2, -0.15) is 0 Å². The Bertz CT molecular complexity index is 321. The maximum absolute atomic E-state index is 12.0. The van der Waals surface area contributed by atoms with Gasteiger partial charge in [0.2, 0.25) is 0 Å². The Morgan fingerprint density at radius 3 is 2.22 bits per heavy atom. The summed E-state index contributed by atoms with van der Waals surface area (Å²) in [7, 11) is 0. The molecule has 1 rings (SSSR count). The van der Waals surface area contributed by atoms with E-state index in [0.29, 0.717) is 0 Å². The second kappa shape index (κ2) is 10.9. The lowest BCUT2D eigenvalue weighted by Crippen LogP contribution is -2.50. The molecule has 0 saturated carbocycles. The Kier molecular flexibility index (Phi) is 9.56. The summed E-state index contributed by atoms with van der Waals surface area (Å²) in [6.07, 6.45) is 6.38. The van der Waals surface area contributed by atoms with E-state index in [1.807, 2.05) is 25.7 Å². The van der Waals surface area contributed by atoms with Crippen molar-refractivity contribution in [1.29, 1.82) is 0 Å². The molecule has 0 aromatic rings. The summed E-state index contributed by atoms with van der Waals surface area (Å²) in [5.41, 5.74) is -0.402. The molecule has 0 unspecified atom stereocenters. The zero-order valence-electron chi connectivity index (χ0n) is 15.7. The van der Waals surface area contributed by atoms with E-state index in [2.05, 4.69) is 17.1 Å². The highest BCUT2D eigenvalue weighted by Gasteiger charge is 2.25. The lowest BCUT2D eigenvalue weighted by atomic mass is 10.1. The first kappa shape index (κ1) is 20.2. The van der Waals surface area contributed by atoms with Crippen molar-refractivity contribution in [3.63, 3.8) is 0 Å². The van der Waals surface area contributed by atoms with Crippen LogP contribution in [-0.4, -0.2) is 67.3 Å². The van der Waals surface area contributed by atoms with Gasteiger partial charge in [0.25, 0.3) is 0 Å². The number of rotatable bonds is 9. The number of hydrogen-bond acceptors (Lipinski definition) is 4. The highest BCUT2D eigenvalue weighted by molar-refractivity contribution is 5.68. The Labute approximate surface area is 142 Å². The molecule has 1 amide bonds. The van der Waals surface area contributed by atoms with Gasteiger partial charge < -0.3 is 15.0 Å². The second-order valence-electron chi connectivity index (χ2n) is 7.43. The second-order valence-corrected chi connectivity index (χ2v) is 7.43. The lowest BCUT2D eigenvalue weighted by Gasteiger charge is -2.35. The van der Waals surface area contributed by atoms with Crippen LogP contribution in [0.15, 0.2) is 0 Å². The summed E-state index contributed by atoms with van der Waals surface area (Å²) in [5.74, 6) is 0. The minimum absolute atomic E-state index is 0.169. The quantitative estimate of drug-likeness (QED) is 0.661. The summed E-state index contributed by atoms with van der Waals surface area (Å²) in [5, 5.41) is 3.37. The highest BCUT2D eigenvalue weighted by atomic mass is 16.6. The van der Waals surface area contributed by atoms with Gasteiger partial charge in [0.15, 0.2) is 0 Å². The predicted molar refractivity (Wildman–Crippen MR) is 95.9 cm³/mol. The SMILES string of the molecule is CCNCCCCCCCN1CCN(C(=O)OC(C)(C)C)CC1. The number of carbonyl (C=O) groups is 1. The monoisotopic (exact) mass is 327 g/mol. The van der Waals surface area contributed by atoms with Gasteiger partial charge in [-0.05, 0) is 53.2 Å². The van der Waals surface area contributed by atoms with Crippen LogP contribution in [-0.2, 0) is 4.74 Å². The fraction of sp³-hybridized carbons (Fsp3) is 0.944. The molecule has 1 N–H and O–H groups in total. The van der Waals surface area contributed by atoms with E-state index in [0.717, 1.165) is 45.8 Å². The van der Waals surface area contributed by atoms with Gasteiger partial charge in [-0.1, -0.05) is 26.2 Å². The summed E-state index contributed by atoms with van der Waals surface area (Å²) in [6, 6.07) is 0. The van der Waals surface area contributed by atoms with Crippen molar-refractivity contribution in [3.05, 3.63) is 0 Å². The minimum Gasteiger partial charge on any atom is -0.444 e. The van der Waals surface area contributed by atoms with Crippen molar-refractivity contribution in [1.82, 2.24) is 15.1 Å². The molecule has 5 heteroatoms. The van der Waals surface area contributed by atoms with E-state index < -0.39 is 5.60 Å². The van der Waals surface area contributed by atoms with E-state index in [9.17, 15) is 4.79 Å². The molecule has 0 atom stereocenters. The fourth-order valence-corrected chi connectivity index (χ4v) is 2.77. The smallest absolute Gasteiger partial charge is 0.410 e.